The molecule has 2 aromatic carbocycles. The molecule has 5 rings (SSSR count). The smallest absolute Gasteiger partial charge is 0.257 e. The zero-order chi connectivity index (χ0) is 22.8. The third-order valence-electron chi connectivity index (χ3n) is 6.25. The number of piperazine rings is 1. The molecule has 2 aromatic heterocycles. The highest BCUT2D eigenvalue weighted by Crippen LogP contribution is 2.29. The van der Waals surface area contributed by atoms with Gasteiger partial charge in [0.1, 0.15) is 18.1 Å². The summed E-state index contributed by atoms with van der Waals surface area (Å²) >= 11 is 1.78. The van der Waals surface area contributed by atoms with E-state index >= 15 is 0 Å². The lowest BCUT2D eigenvalue weighted by molar-refractivity contribution is 0.0625. The fourth-order valence-electron chi connectivity index (χ4n) is 4.27. The van der Waals surface area contributed by atoms with Crippen molar-refractivity contribution in [3.8, 4) is 5.75 Å². The number of hydrogen-bond donors (Lipinski definition) is 0. The number of fused-ring (bicyclic) bond motifs is 1. The van der Waals surface area contributed by atoms with Crippen LogP contribution in [0.5, 0.6) is 5.75 Å². The van der Waals surface area contributed by atoms with Crippen molar-refractivity contribution < 1.29 is 14.1 Å². The normalized spacial score (nSPS) is 14.7. The fraction of sp³-hybridized carbons (Fsp3) is 0.308. The minimum atomic E-state index is 0.0188. The summed E-state index contributed by atoms with van der Waals surface area (Å²) in [6, 6.07) is 16.2. The molecular formula is C26H27N3O3S. The van der Waals surface area contributed by atoms with Crippen LogP contribution in [0, 0.1) is 13.8 Å². The van der Waals surface area contributed by atoms with Gasteiger partial charge in [-0.05, 0) is 48.2 Å². The lowest BCUT2D eigenvalue weighted by atomic mass is 10.0. The Labute approximate surface area is 197 Å². The van der Waals surface area contributed by atoms with Crippen molar-refractivity contribution in [2.45, 2.75) is 27.0 Å². The zero-order valence-electron chi connectivity index (χ0n) is 18.9. The van der Waals surface area contributed by atoms with E-state index in [0.717, 1.165) is 47.4 Å². The van der Waals surface area contributed by atoms with Gasteiger partial charge in [-0.25, -0.2) is 0 Å². The van der Waals surface area contributed by atoms with E-state index in [1.165, 1.54) is 4.88 Å². The second-order valence-corrected chi connectivity index (χ2v) is 9.47. The van der Waals surface area contributed by atoms with Gasteiger partial charge in [-0.1, -0.05) is 35.5 Å². The van der Waals surface area contributed by atoms with Crippen molar-refractivity contribution in [3.05, 3.63) is 81.4 Å². The van der Waals surface area contributed by atoms with Crippen molar-refractivity contribution in [2.75, 3.05) is 26.2 Å². The van der Waals surface area contributed by atoms with E-state index in [1.54, 1.807) is 11.3 Å². The molecule has 0 radical (unpaired) electrons. The maximum absolute atomic E-state index is 13.6. The first kappa shape index (κ1) is 21.7. The number of carbonyl (C=O) groups excluding carboxylic acids is 1. The van der Waals surface area contributed by atoms with Crippen molar-refractivity contribution >= 4 is 28.0 Å². The summed E-state index contributed by atoms with van der Waals surface area (Å²) in [6.07, 6.45) is 0. The topological polar surface area (TPSA) is 58.8 Å². The van der Waals surface area contributed by atoms with Gasteiger partial charge < -0.3 is 14.2 Å². The van der Waals surface area contributed by atoms with Crippen LogP contribution < -0.4 is 4.74 Å². The molecule has 1 amide bonds. The Hall–Kier alpha value is -3.16. The van der Waals surface area contributed by atoms with E-state index < -0.39 is 0 Å². The van der Waals surface area contributed by atoms with E-state index in [1.807, 2.05) is 55.1 Å². The summed E-state index contributed by atoms with van der Waals surface area (Å²) in [6.45, 7) is 8.19. The van der Waals surface area contributed by atoms with Gasteiger partial charge in [0, 0.05) is 37.6 Å². The SMILES string of the molecule is Cc1noc(C)c1COc1cc2ccccc2cc1C(=O)N1CCN(Cc2cccs2)CC1. The van der Waals surface area contributed by atoms with Gasteiger partial charge >= 0.3 is 0 Å². The number of hydrogen-bond acceptors (Lipinski definition) is 6. The van der Waals surface area contributed by atoms with Gasteiger partial charge in [-0.15, -0.1) is 11.3 Å². The number of aryl methyl sites for hydroxylation is 2. The maximum Gasteiger partial charge on any atom is 0.257 e. The minimum absolute atomic E-state index is 0.0188. The van der Waals surface area contributed by atoms with Gasteiger partial charge in [-0.3, -0.25) is 9.69 Å². The van der Waals surface area contributed by atoms with E-state index in [9.17, 15) is 4.79 Å². The molecule has 6 nitrogen and oxygen atoms in total. The first-order valence-corrected chi connectivity index (χ1v) is 12.1. The van der Waals surface area contributed by atoms with Gasteiger partial charge in [0.2, 0.25) is 0 Å². The van der Waals surface area contributed by atoms with Crippen LogP contribution in [-0.4, -0.2) is 47.0 Å². The second-order valence-electron chi connectivity index (χ2n) is 8.43. The summed E-state index contributed by atoms with van der Waals surface area (Å²) < 4.78 is 11.5. The van der Waals surface area contributed by atoms with Gasteiger partial charge in [0.15, 0.2) is 0 Å². The molecule has 0 N–H and O–H groups in total. The molecule has 0 unspecified atom stereocenters. The highest BCUT2D eigenvalue weighted by Gasteiger charge is 2.25. The van der Waals surface area contributed by atoms with Crippen molar-refractivity contribution in [2.24, 2.45) is 0 Å². The van der Waals surface area contributed by atoms with Crippen LogP contribution in [-0.2, 0) is 13.2 Å². The molecule has 0 saturated carbocycles. The van der Waals surface area contributed by atoms with Gasteiger partial charge in [0.05, 0.1) is 16.8 Å². The number of carbonyl (C=O) groups is 1. The summed E-state index contributed by atoms with van der Waals surface area (Å²) in [7, 11) is 0. The van der Waals surface area contributed by atoms with E-state index in [0.29, 0.717) is 31.0 Å². The summed E-state index contributed by atoms with van der Waals surface area (Å²) in [5.41, 5.74) is 2.33. The average molecular weight is 462 g/mol. The van der Waals surface area contributed by atoms with Crippen LogP contribution in [0.3, 0.4) is 0 Å². The predicted molar refractivity (Wildman–Crippen MR) is 130 cm³/mol. The molecule has 0 aliphatic carbocycles. The van der Waals surface area contributed by atoms with Crippen LogP contribution in [0.1, 0.15) is 32.3 Å². The molecule has 4 aromatic rings. The Morgan fingerprint density at radius 1 is 1.06 bits per heavy atom. The fourth-order valence-corrected chi connectivity index (χ4v) is 5.01. The van der Waals surface area contributed by atoms with Gasteiger partial charge in [-0.2, -0.15) is 0 Å². The zero-order valence-corrected chi connectivity index (χ0v) is 19.7. The quantitative estimate of drug-likeness (QED) is 0.402. The second kappa shape index (κ2) is 9.37. The molecule has 33 heavy (non-hydrogen) atoms. The molecule has 170 valence electrons. The van der Waals surface area contributed by atoms with Gasteiger partial charge in [0.25, 0.3) is 5.91 Å². The van der Waals surface area contributed by atoms with Crippen LogP contribution in [0.4, 0.5) is 0 Å². The first-order chi connectivity index (χ1) is 16.1. The molecular weight excluding hydrogens is 434 g/mol. The number of amides is 1. The predicted octanol–water partition coefficient (Wildman–Crippen LogP) is 5.04. The van der Waals surface area contributed by atoms with Crippen LogP contribution in [0.15, 0.2) is 58.4 Å². The molecule has 1 fully saturated rings. The number of aromatic nitrogens is 1. The summed E-state index contributed by atoms with van der Waals surface area (Å²) in [4.78, 5) is 19.3. The van der Waals surface area contributed by atoms with E-state index in [-0.39, 0.29) is 5.91 Å². The minimum Gasteiger partial charge on any atom is -0.488 e. The number of ether oxygens (including phenoxy) is 1. The number of thiophene rings is 1. The van der Waals surface area contributed by atoms with Crippen molar-refractivity contribution in [1.29, 1.82) is 0 Å². The molecule has 1 saturated heterocycles. The molecule has 7 heteroatoms. The number of nitrogens with zero attached hydrogens (tertiary/aromatic N) is 3. The lowest BCUT2D eigenvalue weighted by Gasteiger charge is -2.34. The number of rotatable bonds is 6. The first-order valence-electron chi connectivity index (χ1n) is 11.2. The van der Waals surface area contributed by atoms with E-state index in [4.69, 9.17) is 9.26 Å². The van der Waals surface area contributed by atoms with Crippen LogP contribution in [0.25, 0.3) is 10.8 Å². The Balaban J connectivity index is 1.35. The maximum atomic E-state index is 13.6. The third kappa shape index (κ3) is 4.65. The van der Waals surface area contributed by atoms with Crippen molar-refractivity contribution in [3.63, 3.8) is 0 Å². The molecule has 0 spiro atoms. The summed E-state index contributed by atoms with van der Waals surface area (Å²) in [5.74, 6) is 1.35. The monoisotopic (exact) mass is 461 g/mol. The molecule has 1 aliphatic heterocycles. The average Bonchev–Trinajstić information content (AvgIpc) is 3.46. The lowest BCUT2D eigenvalue weighted by Crippen LogP contribution is -2.48. The molecule has 3 heterocycles. The Morgan fingerprint density at radius 3 is 2.48 bits per heavy atom. The Kier molecular flexibility index (Phi) is 6.15. The van der Waals surface area contributed by atoms with E-state index in [2.05, 4.69) is 27.6 Å². The van der Waals surface area contributed by atoms with Crippen molar-refractivity contribution in [1.82, 2.24) is 15.0 Å². The molecule has 0 bridgehead atoms. The van der Waals surface area contributed by atoms with Crippen LogP contribution >= 0.6 is 11.3 Å². The highest BCUT2D eigenvalue weighted by atomic mass is 32.1. The highest BCUT2D eigenvalue weighted by molar-refractivity contribution is 7.09. The van der Waals surface area contributed by atoms with Crippen LogP contribution in [0.2, 0.25) is 0 Å². The summed E-state index contributed by atoms with van der Waals surface area (Å²) in [5, 5.41) is 8.19. The third-order valence-corrected chi connectivity index (χ3v) is 7.11. The largest absolute Gasteiger partial charge is 0.488 e. The Morgan fingerprint density at radius 2 is 1.82 bits per heavy atom. The Bertz CT molecular complexity index is 1240. The molecule has 1 aliphatic rings. The number of benzene rings is 2. The molecule has 0 atom stereocenters. The standard InChI is InChI=1S/C26H27N3O3S/c1-18-24(19(2)32-27-18)17-31-25-15-21-7-4-3-6-20(21)14-23(25)26(30)29-11-9-28(10-12-29)16-22-8-5-13-33-22/h3-8,13-15H,9-12,16-17H2,1-2H3.